The molecule has 30 heavy (non-hydrogen) atoms. The number of nitrogens with one attached hydrogen (secondary N) is 1. The lowest BCUT2D eigenvalue weighted by atomic mass is 10.1. The van der Waals surface area contributed by atoms with Crippen molar-refractivity contribution in [3.63, 3.8) is 0 Å². The lowest BCUT2D eigenvalue weighted by Gasteiger charge is -2.16. The van der Waals surface area contributed by atoms with Gasteiger partial charge >= 0.3 is 0 Å². The van der Waals surface area contributed by atoms with Crippen LogP contribution in [-0.2, 0) is 9.47 Å². The number of fused-ring (bicyclic) bond motifs is 2. The average Bonchev–Trinajstić information content (AvgIpc) is 2.75. The highest BCUT2D eigenvalue weighted by Gasteiger charge is 2.14. The van der Waals surface area contributed by atoms with Crippen LogP contribution in [0.1, 0.15) is 5.56 Å². The number of phenols is 1. The van der Waals surface area contributed by atoms with Crippen LogP contribution < -0.4 is 14.8 Å². The Morgan fingerprint density at radius 2 is 1.60 bits per heavy atom. The molecule has 0 atom stereocenters. The number of ether oxygens (including phenoxy) is 4. The SMILES string of the molecule is C#Cc1cc(Nc2ncnc3cc4c(cc23)OCCOCCOCCO4)ccc1O. The predicted molar refractivity (Wildman–Crippen MR) is 111 cm³/mol. The van der Waals surface area contributed by atoms with Crippen molar-refractivity contribution < 1.29 is 24.1 Å². The highest BCUT2D eigenvalue weighted by Crippen LogP contribution is 2.35. The lowest BCUT2D eigenvalue weighted by molar-refractivity contribution is 0.0224. The van der Waals surface area contributed by atoms with Gasteiger partial charge in [-0.05, 0) is 24.3 Å². The van der Waals surface area contributed by atoms with Gasteiger partial charge in [-0.25, -0.2) is 9.97 Å². The van der Waals surface area contributed by atoms with Crippen LogP contribution in [0.2, 0.25) is 0 Å². The van der Waals surface area contributed by atoms with Crippen LogP contribution >= 0.6 is 0 Å². The highest BCUT2D eigenvalue weighted by molar-refractivity contribution is 5.93. The number of hydrogen-bond acceptors (Lipinski definition) is 8. The fourth-order valence-corrected chi connectivity index (χ4v) is 3.00. The second-order valence-electron chi connectivity index (χ2n) is 6.46. The second kappa shape index (κ2) is 9.31. The van der Waals surface area contributed by atoms with Gasteiger partial charge in [0.15, 0.2) is 11.5 Å². The van der Waals surface area contributed by atoms with Gasteiger partial charge in [0, 0.05) is 17.1 Å². The standard InChI is InChI=1S/C22H21N3O5/c1-2-15-11-16(3-4-19(15)26)25-22-17-12-20-21(13-18(17)23-14-24-22)30-10-8-28-6-5-27-7-9-29-20/h1,3-4,11-14,26H,5-10H2,(H,23,24,25). The molecule has 1 aliphatic heterocycles. The summed E-state index contributed by atoms with van der Waals surface area (Å²) in [4.78, 5) is 8.71. The molecule has 2 heterocycles. The molecule has 0 unspecified atom stereocenters. The molecule has 3 aromatic rings. The van der Waals surface area contributed by atoms with Gasteiger partial charge in [-0.15, -0.1) is 6.42 Å². The quantitative estimate of drug-likeness (QED) is 0.495. The summed E-state index contributed by atoms with van der Waals surface area (Å²) in [6.07, 6.45) is 6.90. The summed E-state index contributed by atoms with van der Waals surface area (Å²) in [7, 11) is 0. The van der Waals surface area contributed by atoms with Crippen LogP contribution in [-0.4, -0.2) is 54.7 Å². The van der Waals surface area contributed by atoms with Crippen molar-refractivity contribution in [3.05, 3.63) is 42.2 Å². The van der Waals surface area contributed by atoms with Crippen molar-refractivity contribution in [1.29, 1.82) is 0 Å². The van der Waals surface area contributed by atoms with Crippen LogP contribution in [0.25, 0.3) is 10.9 Å². The number of aromatic nitrogens is 2. The van der Waals surface area contributed by atoms with Gasteiger partial charge in [-0.1, -0.05) is 5.92 Å². The van der Waals surface area contributed by atoms with E-state index in [0.29, 0.717) is 73.7 Å². The van der Waals surface area contributed by atoms with Gasteiger partial charge in [0.05, 0.1) is 37.5 Å². The van der Waals surface area contributed by atoms with E-state index in [-0.39, 0.29) is 5.75 Å². The highest BCUT2D eigenvalue weighted by atomic mass is 16.6. The fourth-order valence-electron chi connectivity index (χ4n) is 3.00. The number of rotatable bonds is 2. The number of benzene rings is 2. The maximum absolute atomic E-state index is 9.79. The molecule has 8 heteroatoms. The number of phenolic OH excluding ortho intramolecular Hbond substituents is 1. The Labute approximate surface area is 173 Å². The summed E-state index contributed by atoms with van der Waals surface area (Å²) in [5.41, 5.74) is 1.77. The number of nitrogens with zero attached hydrogens (tertiary/aromatic N) is 2. The summed E-state index contributed by atoms with van der Waals surface area (Å²) in [6.45, 7) is 2.70. The first kappa shape index (κ1) is 19.8. The topological polar surface area (TPSA) is 95.0 Å². The van der Waals surface area contributed by atoms with Gasteiger partial charge in [0.25, 0.3) is 0 Å². The zero-order chi connectivity index (χ0) is 20.8. The van der Waals surface area contributed by atoms with Crippen LogP contribution in [0.4, 0.5) is 11.5 Å². The zero-order valence-electron chi connectivity index (χ0n) is 16.3. The molecule has 2 N–H and O–H groups in total. The molecular formula is C22H21N3O5. The number of hydrogen-bond donors (Lipinski definition) is 2. The minimum Gasteiger partial charge on any atom is -0.507 e. The molecule has 0 bridgehead atoms. The van der Waals surface area contributed by atoms with Crippen molar-refractivity contribution in [3.8, 4) is 29.6 Å². The van der Waals surface area contributed by atoms with E-state index in [1.54, 1.807) is 12.1 Å². The minimum atomic E-state index is 0.0485. The molecule has 1 aliphatic rings. The van der Waals surface area contributed by atoms with E-state index >= 15 is 0 Å². The van der Waals surface area contributed by atoms with Gasteiger partial charge < -0.3 is 29.4 Å². The smallest absolute Gasteiger partial charge is 0.163 e. The number of anilines is 2. The van der Waals surface area contributed by atoms with Gasteiger partial charge in [0.1, 0.15) is 31.1 Å². The molecule has 2 aromatic carbocycles. The third-order valence-electron chi connectivity index (χ3n) is 4.46. The summed E-state index contributed by atoms with van der Waals surface area (Å²) in [5.74, 6) is 4.22. The monoisotopic (exact) mass is 407 g/mol. The Morgan fingerprint density at radius 3 is 2.33 bits per heavy atom. The van der Waals surface area contributed by atoms with E-state index in [0.717, 1.165) is 5.39 Å². The van der Waals surface area contributed by atoms with E-state index in [2.05, 4.69) is 21.2 Å². The first-order chi connectivity index (χ1) is 14.7. The molecular weight excluding hydrogens is 386 g/mol. The third-order valence-corrected chi connectivity index (χ3v) is 4.46. The van der Waals surface area contributed by atoms with E-state index in [9.17, 15) is 5.11 Å². The normalized spacial score (nSPS) is 14.9. The van der Waals surface area contributed by atoms with Crippen molar-refractivity contribution in [1.82, 2.24) is 9.97 Å². The molecule has 154 valence electrons. The van der Waals surface area contributed by atoms with Crippen LogP contribution in [0.15, 0.2) is 36.7 Å². The van der Waals surface area contributed by atoms with Crippen LogP contribution in [0, 0.1) is 12.3 Å². The zero-order valence-corrected chi connectivity index (χ0v) is 16.3. The molecule has 8 nitrogen and oxygen atoms in total. The molecule has 0 aliphatic carbocycles. The van der Waals surface area contributed by atoms with Crippen molar-refractivity contribution in [2.24, 2.45) is 0 Å². The summed E-state index contributed by atoms with van der Waals surface area (Å²) in [6, 6.07) is 8.58. The van der Waals surface area contributed by atoms with E-state index in [1.165, 1.54) is 12.4 Å². The van der Waals surface area contributed by atoms with Crippen molar-refractivity contribution >= 4 is 22.4 Å². The van der Waals surface area contributed by atoms with Crippen molar-refractivity contribution in [2.45, 2.75) is 0 Å². The van der Waals surface area contributed by atoms with E-state index < -0.39 is 0 Å². The molecule has 0 spiro atoms. The van der Waals surface area contributed by atoms with E-state index in [1.807, 2.05) is 12.1 Å². The molecule has 1 aromatic heterocycles. The average molecular weight is 407 g/mol. The van der Waals surface area contributed by atoms with Crippen molar-refractivity contribution in [2.75, 3.05) is 45.0 Å². The number of terminal acetylenes is 1. The first-order valence-corrected chi connectivity index (χ1v) is 9.51. The third kappa shape index (κ3) is 4.54. The first-order valence-electron chi connectivity index (χ1n) is 9.51. The molecule has 0 saturated carbocycles. The van der Waals surface area contributed by atoms with Crippen LogP contribution in [0.5, 0.6) is 17.2 Å². The number of aromatic hydroxyl groups is 1. The van der Waals surface area contributed by atoms with Gasteiger partial charge in [-0.3, -0.25) is 0 Å². The lowest BCUT2D eigenvalue weighted by Crippen LogP contribution is -2.15. The molecule has 0 saturated heterocycles. The maximum Gasteiger partial charge on any atom is 0.163 e. The molecule has 0 radical (unpaired) electrons. The fraction of sp³-hybridized carbons (Fsp3) is 0.273. The van der Waals surface area contributed by atoms with Gasteiger partial charge in [0.2, 0.25) is 0 Å². The largest absolute Gasteiger partial charge is 0.507 e. The minimum absolute atomic E-state index is 0.0485. The van der Waals surface area contributed by atoms with Gasteiger partial charge in [-0.2, -0.15) is 0 Å². The summed E-state index contributed by atoms with van der Waals surface area (Å²) >= 11 is 0. The Morgan fingerprint density at radius 1 is 0.900 bits per heavy atom. The van der Waals surface area contributed by atoms with E-state index in [4.69, 9.17) is 25.4 Å². The Bertz CT molecular complexity index is 1080. The summed E-state index contributed by atoms with van der Waals surface area (Å²) < 4.78 is 22.7. The Balaban J connectivity index is 1.68. The predicted octanol–water partition coefficient (Wildman–Crippen LogP) is 2.86. The molecule has 0 fully saturated rings. The second-order valence-corrected chi connectivity index (χ2v) is 6.46. The Kier molecular flexibility index (Phi) is 6.13. The molecule has 0 amide bonds. The Hall–Kier alpha value is -3.54. The van der Waals surface area contributed by atoms with Crippen LogP contribution in [0.3, 0.4) is 0 Å². The summed E-state index contributed by atoms with van der Waals surface area (Å²) in [5, 5.41) is 13.8. The molecule has 4 rings (SSSR count). The maximum atomic E-state index is 9.79.